The number of imide groups is 1. The summed E-state index contributed by atoms with van der Waals surface area (Å²) in [6, 6.07) is -1.03. The predicted octanol–water partition coefficient (Wildman–Crippen LogP) is -0.818. The van der Waals surface area contributed by atoms with Gasteiger partial charge in [0.1, 0.15) is 5.25 Å². The summed E-state index contributed by atoms with van der Waals surface area (Å²) < 4.78 is 11.6. The van der Waals surface area contributed by atoms with Gasteiger partial charge in [0, 0.05) is 16.0 Å². The van der Waals surface area contributed by atoms with E-state index >= 15 is 0 Å². The highest BCUT2D eigenvalue weighted by atomic mass is 32.2. The van der Waals surface area contributed by atoms with Crippen LogP contribution in [0.5, 0.6) is 0 Å². The Balaban J connectivity index is 4.42. The molecule has 7 nitrogen and oxygen atoms in total. The zero-order chi connectivity index (χ0) is 12.9. The van der Waals surface area contributed by atoms with Crippen LogP contribution in [0, 0.1) is 0 Å². The van der Waals surface area contributed by atoms with Gasteiger partial charge in [-0.15, -0.1) is 0 Å². The fourth-order valence-electron chi connectivity index (χ4n) is 1.01. The molecule has 4 N–H and O–H groups in total. The molecule has 0 aliphatic heterocycles. The number of carbonyl (C=O) groups is 3. The Labute approximate surface area is 94.8 Å². The van der Waals surface area contributed by atoms with Crippen LogP contribution in [0.2, 0.25) is 0 Å². The molecule has 3 atom stereocenters. The minimum atomic E-state index is -1.68. The molecule has 0 radical (unpaired) electrons. The molecular weight excluding hydrogens is 236 g/mol. The van der Waals surface area contributed by atoms with E-state index in [9.17, 15) is 18.6 Å². The second kappa shape index (κ2) is 6.21. The van der Waals surface area contributed by atoms with Crippen molar-refractivity contribution < 1.29 is 23.7 Å². The van der Waals surface area contributed by atoms with Gasteiger partial charge >= 0.3 is 12.0 Å². The molecule has 0 rings (SSSR count). The molecular formula is C8H14N2O5S. The normalized spacial score (nSPS) is 15.9. The van der Waals surface area contributed by atoms with Crippen LogP contribution in [0.4, 0.5) is 4.79 Å². The van der Waals surface area contributed by atoms with Gasteiger partial charge in [0.2, 0.25) is 5.91 Å². The van der Waals surface area contributed by atoms with E-state index in [1.54, 1.807) is 5.32 Å². The molecule has 0 aliphatic rings. The number of nitrogens with two attached hydrogens (primary N) is 1. The summed E-state index contributed by atoms with van der Waals surface area (Å²) >= 11 is 0. The van der Waals surface area contributed by atoms with E-state index in [4.69, 9.17) is 10.8 Å². The molecule has 0 spiro atoms. The molecule has 0 aromatic heterocycles. The largest absolute Gasteiger partial charge is 0.481 e. The average Bonchev–Trinajstić information content (AvgIpc) is 2.13. The number of amides is 3. The van der Waals surface area contributed by atoms with Crippen LogP contribution in [-0.2, 0) is 20.4 Å². The van der Waals surface area contributed by atoms with Crippen molar-refractivity contribution in [3.8, 4) is 0 Å². The monoisotopic (exact) mass is 250 g/mol. The topological polar surface area (TPSA) is 127 Å². The molecule has 0 aromatic rings. The summed E-state index contributed by atoms with van der Waals surface area (Å²) in [5, 5.41) is 8.62. The second-order valence-corrected chi connectivity index (χ2v) is 5.40. The number of urea groups is 1. The number of carboxylic acid groups (broad SMARTS) is 1. The van der Waals surface area contributed by atoms with Gasteiger partial charge in [-0.1, -0.05) is 6.92 Å². The van der Waals surface area contributed by atoms with Crippen LogP contribution in [0.1, 0.15) is 20.3 Å². The first-order valence-corrected chi connectivity index (χ1v) is 5.74. The summed E-state index contributed by atoms with van der Waals surface area (Å²) in [7, 11) is -1.68. The third-order valence-corrected chi connectivity index (χ3v) is 3.69. The van der Waals surface area contributed by atoms with Crippen molar-refractivity contribution in [2.45, 2.75) is 30.8 Å². The maximum atomic E-state index is 11.6. The number of aliphatic carboxylic acids is 1. The van der Waals surface area contributed by atoms with Crippen LogP contribution in [0.3, 0.4) is 0 Å². The zero-order valence-corrected chi connectivity index (χ0v) is 9.74. The second-order valence-electron chi connectivity index (χ2n) is 3.23. The fourth-order valence-corrected chi connectivity index (χ4v) is 2.28. The number of nitrogens with one attached hydrogen (secondary N) is 1. The van der Waals surface area contributed by atoms with E-state index in [1.807, 2.05) is 0 Å². The number of hydrogen-bond acceptors (Lipinski definition) is 4. The smallest absolute Gasteiger partial charge is 0.318 e. The van der Waals surface area contributed by atoms with Crippen molar-refractivity contribution in [3.63, 3.8) is 0 Å². The lowest BCUT2D eigenvalue weighted by molar-refractivity contribution is -0.137. The van der Waals surface area contributed by atoms with Gasteiger partial charge in [-0.2, -0.15) is 0 Å². The number of rotatable bonds is 5. The first-order chi connectivity index (χ1) is 7.25. The summed E-state index contributed by atoms with van der Waals surface area (Å²) in [5.41, 5.74) is 4.72. The molecule has 92 valence electrons. The van der Waals surface area contributed by atoms with Gasteiger partial charge in [-0.3, -0.25) is 19.1 Å². The van der Waals surface area contributed by atoms with Crippen molar-refractivity contribution in [2.75, 3.05) is 0 Å². The maximum absolute atomic E-state index is 11.6. The van der Waals surface area contributed by atoms with Gasteiger partial charge in [0.25, 0.3) is 0 Å². The quantitative estimate of drug-likeness (QED) is 0.587. The van der Waals surface area contributed by atoms with Gasteiger partial charge in [0.05, 0.1) is 6.42 Å². The molecule has 0 fully saturated rings. The zero-order valence-electron chi connectivity index (χ0n) is 8.93. The van der Waals surface area contributed by atoms with E-state index in [1.165, 1.54) is 13.8 Å². The van der Waals surface area contributed by atoms with Gasteiger partial charge < -0.3 is 10.8 Å². The third kappa shape index (κ3) is 4.87. The van der Waals surface area contributed by atoms with Gasteiger partial charge in [-0.25, -0.2) is 4.79 Å². The highest BCUT2D eigenvalue weighted by molar-refractivity contribution is 7.87. The van der Waals surface area contributed by atoms with Crippen LogP contribution < -0.4 is 11.1 Å². The Morgan fingerprint density at radius 1 is 1.38 bits per heavy atom. The minimum absolute atomic E-state index is 0.305. The molecule has 0 aliphatic carbocycles. The summed E-state index contributed by atoms with van der Waals surface area (Å²) in [4.78, 5) is 32.0. The predicted molar refractivity (Wildman–Crippen MR) is 57.0 cm³/mol. The Hall–Kier alpha value is -1.44. The van der Waals surface area contributed by atoms with E-state index in [-0.39, 0.29) is 6.42 Å². The standard InChI is InChI=1S/C8H14N2O5S/c1-4(3-6(11)12)16(15)5(2)7(13)10-8(9)14/h4-5H,3H2,1-2H3,(H,11,12)(H3,9,10,13,14). The molecule has 8 heteroatoms. The Morgan fingerprint density at radius 3 is 2.25 bits per heavy atom. The highest BCUT2D eigenvalue weighted by Crippen LogP contribution is 2.08. The average molecular weight is 250 g/mol. The van der Waals surface area contributed by atoms with Crippen molar-refractivity contribution in [1.29, 1.82) is 0 Å². The summed E-state index contributed by atoms with van der Waals surface area (Å²) in [6.45, 7) is 2.80. The van der Waals surface area contributed by atoms with E-state index in [0.717, 1.165) is 0 Å². The number of carbonyl (C=O) groups excluding carboxylic acids is 2. The van der Waals surface area contributed by atoms with Gasteiger partial charge in [-0.05, 0) is 6.92 Å². The lowest BCUT2D eigenvalue weighted by atomic mass is 10.3. The lowest BCUT2D eigenvalue weighted by Gasteiger charge is -2.14. The molecule has 0 aromatic carbocycles. The first-order valence-electron chi connectivity index (χ1n) is 4.47. The molecule has 16 heavy (non-hydrogen) atoms. The van der Waals surface area contributed by atoms with E-state index in [2.05, 4.69) is 0 Å². The molecule has 0 saturated carbocycles. The van der Waals surface area contributed by atoms with Crippen molar-refractivity contribution in [1.82, 2.24) is 5.32 Å². The molecule has 0 saturated heterocycles. The number of hydrogen-bond donors (Lipinski definition) is 3. The van der Waals surface area contributed by atoms with E-state index < -0.39 is 39.2 Å². The van der Waals surface area contributed by atoms with Gasteiger partial charge in [0.15, 0.2) is 0 Å². The Morgan fingerprint density at radius 2 is 1.88 bits per heavy atom. The minimum Gasteiger partial charge on any atom is -0.481 e. The molecule has 0 heterocycles. The SMILES string of the molecule is CC(CC(=O)O)S(=O)C(C)C(=O)NC(N)=O. The molecule has 3 unspecified atom stereocenters. The Bertz CT molecular complexity index is 330. The number of primary amides is 1. The van der Waals surface area contributed by atoms with E-state index in [0.29, 0.717) is 0 Å². The van der Waals surface area contributed by atoms with Crippen LogP contribution in [-0.4, -0.2) is 37.7 Å². The van der Waals surface area contributed by atoms with Crippen molar-refractivity contribution >= 4 is 28.7 Å². The van der Waals surface area contributed by atoms with Crippen molar-refractivity contribution in [2.24, 2.45) is 5.73 Å². The first kappa shape index (κ1) is 14.6. The van der Waals surface area contributed by atoms with Crippen LogP contribution in [0.25, 0.3) is 0 Å². The number of carboxylic acids is 1. The fraction of sp³-hybridized carbons (Fsp3) is 0.625. The third-order valence-electron chi connectivity index (χ3n) is 1.82. The lowest BCUT2D eigenvalue weighted by Crippen LogP contribution is -2.43. The molecule has 0 bridgehead atoms. The highest BCUT2D eigenvalue weighted by Gasteiger charge is 2.26. The van der Waals surface area contributed by atoms with Crippen molar-refractivity contribution in [3.05, 3.63) is 0 Å². The molecule has 3 amide bonds. The summed E-state index contributed by atoms with van der Waals surface area (Å²) in [5.74, 6) is -1.87. The van der Waals surface area contributed by atoms with Crippen LogP contribution >= 0.6 is 0 Å². The van der Waals surface area contributed by atoms with Crippen LogP contribution in [0.15, 0.2) is 0 Å². The maximum Gasteiger partial charge on any atom is 0.318 e. The Kier molecular flexibility index (Phi) is 5.65. The summed E-state index contributed by atoms with van der Waals surface area (Å²) in [6.07, 6.45) is -0.305.